The highest BCUT2D eigenvalue weighted by molar-refractivity contribution is 5.91. The number of allylic oxidation sites excluding steroid dienone is 1. The number of benzene rings is 1. The molecule has 4 aliphatic carbocycles. The third-order valence-electron chi connectivity index (χ3n) is 11.5. The number of carbonyl (C=O) groups is 2. The Bertz CT molecular complexity index is 1550. The lowest BCUT2D eigenvalue weighted by molar-refractivity contribution is -0.228. The molecular weight excluding hydrogens is 569 g/mol. The van der Waals surface area contributed by atoms with Crippen molar-refractivity contribution in [3.8, 4) is 5.69 Å². The van der Waals surface area contributed by atoms with Crippen LogP contribution in [-0.2, 0) is 25.4 Å². The second-order valence-corrected chi connectivity index (χ2v) is 14.2. The van der Waals surface area contributed by atoms with Gasteiger partial charge in [0.1, 0.15) is 12.8 Å². The summed E-state index contributed by atoms with van der Waals surface area (Å²) in [6.07, 6.45) is 2.04. The van der Waals surface area contributed by atoms with Crippen molar-refractivity contribution in [2.45, 2.75) is 83.1 Å². The molecular formula is C33H40FN3O7. The van der Waals surface area contributed by atoms with Crippen LogP contribution in [-0.4, -0.2) is 75.4 Å². The maximum Gasteiger partial charge on any atom is 0.411 e. The number of amides is 1. The summed E-state index contributed by atoms with van der Waals surface area (Å²) in [5.41, 5.74) is 0.873. The van der Waals surface area contributed by atoms with E-state index in [0.29, 0.717) is 30.5 Å². The van der Waals surface area contributed by atoms with Crippen molar-refractivity contribution < 1.29 is 38.4 Å². The maximum absolute atomic E-state index is 16.5. The number of aliphatic hydroxyl groups is 2. The van der Waals surface area contributed by atoms with Gasteiger partial charge in [-0.05, 0) is 98.8 Å². The van der Waals surface area contributed by atoms with Crippen molar-refractivity contribution in [3.63, 3.8) is 0 Å². The number of aliphatic hydroxyl groups excluding tert-OH is 2. The first-order chi connectivity index (χ1) is 20.8. The predicted molar refractivity (Wildman–Crippen MR) is 158 cm³/mol. The van der Waals surface area contributed by atoms with Crippen LogP contribution in [0.4, 0.5) is 14.9 Å². The number of Topliss-reactive ketones (excluding diaryl/α,β-unsaturated/α-hetero) is 1. The van der Waals surface area contributed by atoms with Gasteiger partial charge in [-0.1, -0.05) is 13.8 Å². The van der Waals surface area contributed by atoms with Gasteiger partial charge in [0.05, 0.1) is 36.9 Å². The van der Waals surface area contributed by atoms with Crippen molar-refractivity contribution in [1.29, 1.82) is 0 Å². The molecule has 0 bridgehead atoms. The van der Waals surface area contributed by atoms with Crippen molar-refractivity contribution in [3.05, 3.63) is 47.3 Å². The fourth-order valence-corrected chi connectivity index (χ4v) is 9.97. The molecule has 9 atom stereocenters. The fourth-order valence-electron chi connectivity index (χ4n) is 9.97. The molecule has 7 rings (SSSR count). The van der Waals surface area contributed by atoms with E-state index in [1.807, 2.05) is 31.3 Å². The third kappa shape index (κ3) is 3.88. The summed E-state index contributed by atoms with van der Waals surface area (Å²) in [6.45, 7) is 6.87. The number of carbonyl (C=O) groups excluding carboxylic acids is 2. The number of nitrogens with one attached hydrogen (secondary N) is 1. The van der Waals surface area contributed by atoms with Crippen molar-refractivity contribution in [1.82, 2.24) is 9.78 Å². The molecule has 3 N–H and O–H groups in total. The van der Waals surface area contributed by atoms with E-state index in [4.69, 9.17) is 9.47 Å². The number of aromatic nitrogens is 2. The largest absolute Gasteiger partial charge is 0.453 e. The average Bonchev–Trinajstić information content (AvgIpc) is 3.57. The van der Waals surface area contributed by atoms with Crippen molar-refractivity contribution in [2.75, 3.05) is 19.0 Å². The summed E-state index contributed by atoms with van der Waals surface area (Å²) >= 11 is 0. The summed E-state index contributed by atoms with van der Waals surface area (Å²) < 4.78 is 35.6. The number of fused-ring (bicyclic) bond motifs is 8. The first-order valence-corrected chi connectivity index (χ1v) is 15.4. The molecule has 0 spiro atoms. The SMILES string of the molecule is COC(=O)Nc1ccc(-n2ncc3c2C=C2[C@@H](F)C[C@@H]4[C@H]([C@@H](O)C[C@@]5(C)[C@H]4C[C@H]4OC(C)(C)O[C@]45C(=O)CO)[C@@]2(C)C3)cc1. The summed E-state index contributed by atoms with van der Waals surface area (Å²) in [7, 11) is 1.30. The van der Waals surface area contributed by atoms with E-state index >= 15 is 4.39 Å². The second-order valence-electron chi connectivity index (χ2n) is 14.2. The number of rotatable bonds is 4. The molecule has 236 valence electrons. The summed E-state index contributed by atoms with van der Waals surface area (Å²) in [4.78, 5) is 25.0. The standard InChI is InChI=1S/C33H40FN3O7/c1-30(2)43-27-12-21-20-10-23(34)22-11-24-17(15-35-37(24)19-8-6-18(7-9-19)36-29(41)42-5)13-31(22,3)28(20)25(39)14-32(21,4)33(27,44-30)26(40)16-38/h6-9,11,15,20-21,23,25,27-28,38-39H,10,12-14,16H2,1-5H3,(H,36,41)/t20-,21-,23-,25-,27+,28+,31-,32-,33+/m0/s1. The lowest BCUT2D eigenvalue weighted by Crippen LogP contribution is -2.65. The molecule has 3 saturated carbocycles. The Hall–Kier alpha value is -3.12. The zero-order valence-corrected chi connectivity index (χ0v) is 25.7. The summed E-state index contributed by atoms with van der Waals surface area (Å²) in [6, 6.07) is 7.15. The van der Waals surface area contributed by atoms with E-state index in [2.05, 4.69) is 22.1 Å². The molecule has 11 heteroatoms. The molecule has 0 unspecified atom stereocenters. The fraction of sp³-hybridized carbons (Fsp3) is 0.606. The molecule has 5 aliphatic rings. The number of halogens is 1. The van der Waals surface area contributed by atoms with E-state index in [1.165, 1.54) is 7.11 Å². The maximum atomic E-state index is 16.5. The Morgan fingerprint density at radius 3 is 2.59 bits per heavy atom. The van der Waals surface area contributed by atoms with Crippen LogP contribution in [0.1, 0.15) is 58.2 Å². The van der Waals surface area contributed by atoms with Gasteiger partial charge in [-0.2, -0.15) is 5.10 Å². The van der Waals surface area contributed by atoms with Gasteiger partial charge in [0, 0.05) is 16.5 Å². The molecule has 10 nitrogen and oxygen atoms in total. The van der Waals surface area contributed by atoms with Gasteiger partial charge in [0.15, 0.2) is 17.2 Å². The molecule has 2 aromatic rings. The number of hydrogen-bond donors (Lipinski definition) is 3. The molecule has 1 saturated heterocycles. The van der Waals surface area contributed by atoms with Crippen LogP contribution >= 0.6 is 0 Å². The molecule has 44 heavy (non-hydrogen) atoms. The zero-order valence-electron chi connectivity index (χ0n) is 25.7. The molecule has 4 fully saturated rings. The Balaban J connectivity index is 1.23. The number of methoxy groups -OCH3 is 1. The molecule has 1 aromatic carbocycles. The molecule has 1 aliphatic heterocycles. The van der Waals surface area contributed by atoms with E-state index < -0.39 is 59.1 Å². The van der Waals surface area contributed by atoms with Gasteiger partial charge >= 0.3 is 6.09 Å². The number of ether oxygens (including phenoxy) is 3. The van der Waals surface area contributed by atoms with E-state index in [9.17, 15) is 19.8 Å². The Labute approximate surface area is 255 Å². The van der Waals surface area contributed by atoms with Crippen molar-refractivity contribution >= 4 is 23.6 Å². The lowest BCUT2D eigenvalue weighted by Gasteiger charge is -2.61. The molecule has 1 aromatic heterocycles. The average molecular weight is 610 g/mol. The van der Waals surface area contributed by atoms with E-state index in [1.54, 1.807) is 30.7 Å². The van der Waals surface area contributed by atoms with Gasteiger partial charge < -0.3 is 24.4 Å². The number of ketones is 1. The Morgan fingerprint density at radius 1 is 1.18 bits per heavy atom. The number of anilines is 1. The van der Waals surface area contributed by atoms with Crippen LogP contribution in [0.25, 0.3) is 11.8 Å². The second kappa shape index (κ2) is 9.69. The lowest BCUT2D eigenvalue weighted by atomic mass is 9.45. The molecule has 0 radical (unpaired) electrons. The van der Waals surface area contributed by atoms with Crippen molar-refractivity contribution in [2.24, 2.45) is 28.6 Å². The third-order valence-corrected chi connectivity index (χ3v) is 11.5. The van der Waals surface area contributed by atoms with Gasteiger partial charge in [-0.25, -0.2) is 13.9 Å². The van der Waals surface area contributed by atoms with E-state index in [0.717, 1.165) is 16.9 Å². The predicted octanol–water partition coefficient (Wildman–Crippen LogP) is 4.21. The first kappa shape index (κ1) is 29.6. The summed E-state index contributed by atoms with van der Waals surface area (Å²) in [5, 5.41) is 29.3. The molecule has 2 heterocycles. The number of hydrogen-bond acceptors (Lipinski definition) is 8. The first-order valence-electron chi connectivity index (χ1n) is 15.4. The van der Waals surface area contributed by atoms with Gasteiger partial charge in [0.2, 0.25) is 0 Å². The Kier molecular flexibility index (Phi) is 6.51. The van der Waals surface area contributed by atoms with Crippen LogP contribution in [0.2, 0.25) is 0 Å². The van der Waals surface area contributed by atoms with Crippen LogP contribution in [0.5, 0.6) is 0 Å². The van der Waals surface area contributed by atoms with Crippen LogP contribution in [0.15, 0.2) is 36.0 Å². The minimum atomic E-state index is -1.40. The van der Waals surface area contributed by atoms with E-state index in [-0.39, 0.29) is 24.2 Å². The minimum Gasteiger partial charge on any atom is -0.453 e. The van der Waals surface area contributed by atoms with Gasteiger partial charge in [-0.3, -0.25) is 10.1 Å². The quantitative estimate of drug-likeness (QED) is 0.470. The van der Waals surface area contributed by atoms with Crippen LogP contribution < -0.4 is 5.32 Å². The van der Waals surface area contributed by atoms with Gasteiger partial charge in [0.25, 0.3) is 0 Å². The summed E-state index contributed by atoms with van der Waals surface area (Å²) in [5.74, 6) is -2.04. The monoisotopic (exact) mass is 609 g/mol. The Morgan fingerprint density at radius 2 is 1.91 bits per heavy atom. The van der Waals surface area contributed by atoms with Crippen LogP contribution in [0.3, 0.4) is 0 Å². The highest BCUT2D eigenvalue weighted by atomic mass is 19.1. The highest BCUT2D eigenvalue weighted by Crippen LogP contribution is 2.71. The number of alkyl halides is 1. The van der Waals surface area contributed by atoms with Crippen LogP contribution in [0, 0.1) is 28.6 Å². The van der Waals surface area contributed by atoms with Gasteiger partial charge in [-0.15, -0.1) is 0 Å². The minimum absolute atomic E-state index is 0.134. The molecule has 1 amide bonds. The number of nitrogens with zero attached hydrogens (tertiary/aromatic N) is 2. The normalized spacial score (nSPS) is 39.7. The topological polar surface area (TPSA) is 132 Å². The smallest absolute Gasteiger partial charge is 0.411 e. The highest BCUT2D eigenvalue weighted by Gasteiger charge is 2.77. The zero-order chi connectivity index (χ0) is 31.4.